The molecule has 0 radical (unpaired) electrons. The summed E-state index contributed by atoms with van der Waals surface area (Å²) in [4.78, 5) is 8.74. The molecule has 2 N–H and O–H groups in total. The molecule has 0 amide bonds. The number of likely N-dealkylation sites (N-methyl/N-ethyl adjacent to an activating group) is 1. The zero-order valence-corrected chi connectivity index (χ0v) is 13.4. The van der Waals surface area contributed by atoms with E-state index in [9.17, 15) is 0 Å². The van der Waals surface area contributed by atoms with E-state index in [0.29, 0.717) is 12.0 Å². The van der Waals surface area contributed by atoms with Crippen LogP contribution in [-0.2, 0) is 4.74 Å². The monoisotopic (exact) mass is 356 g/mol. The maximum Gasteiger partial charge on any atom is 0.191 e. The average molecular weight is 356 g/mol. The second-order valence-electron chi connectivity index (χ2n) is 4.41. The molecule has 0 atom stereocenters. The molecule has 0 aromatic rings. The van der Waals surface area contributed by atoms with Crippen molar-refractivity contribution in [2.24, 2.45) is 10.7 Å². The first-order chi connectivity index (χ1) is 7.61. The number of morpholine rings is 1. The van der Waals surface area contributed by atoms with Gasteiger partial charge in [-0.25, -0.2) is 0 Å². The summed E-state index contributed by atoms with van der Waals surface area (Å²) in [7, 11) is 2.10. The zero-order chi connectivity index (χ0) is 12.0. The van der Waals surface area contributed by atoms with Gasteiger partial charge in [0.1, 0.15) is 0 Å². The summed E-state index contributed by atoms with van der Waals surface area (Å²) in [6.45, 7) is 9.28. The summed E-state index contributed by atoms with van der Waals surface area (Å²) in [6.07, 6.45) is 0. The van der Waals surface area contributed by atoms with E-state index in [0.717, 1.165) is 39.4 Å². The molecular weight excluding hydrogens is 331 g/mol. The van der Waals surface area contributed by atoms with E-state index < -0.39 is 0 Å². The molecule has 102 valence electrons. The number of guanidine groups is 1. The first kappa shape index (κ1) is 16.9. The molecule has 0 unspecified atom stereocenters. The normalized spacial score (nSPS) is 17.5. The van der Waals surface area contributed by atoms with Crippen LogP contribution in [0.3, 0.4) is 0 Å². The van der Waals surface area contributed by atoms with Crippen LogP contribution >= 0.6 is 24.0 Å². The minimum atomic E-state index is 0. The Labute approximate surface area is 121 Å². The average Bonchev–Trinajstić information content (AvgIpc) is 2.29. The van der Waals surface area contributed by atoms with Crippen LogP contribution in [0.4, 0.5) is 0 Å². The molecule has 1 aliphatic rings. The fraction of sp³-hybridized carbons (Fsp3) is 0.909. The lowest BCUT2D eigenvalue weighted by Gasteiger charge is -2.27. The van der Waals surface area contributed by atoms with Crippen molar-refractivity contribution in [1.29, 1.82) is 0 Å². The third-order valence-electron chi connectivity index (χ3n) is 2.94. The molecule has 17 heavy (non-hydrogen) atoms. The Morgan fingerprint density at radius 1 is 1.41 bits per heavy atom. The van der Waals surface area contributed by atoms with E-state index >= 15 is 0 Å². The van der Waals surface area contributed by atoms with Gasteiger partial charge in [0.05, 0.1) is 19.8 Å². The van der Waals surface area contributed by atoms with E-state index in [1.54, 1.807) is 0 Å². The van der Waals surface area contributed by atoms with Crippen LogP contribution in [0.15, 0.2) is 4.99 Å². The fourth-order valence-electron chi connectivity index (χ4n) is 1.47. The van der Waals surface area contributed by atoms with Crippen LogP contribution in [0.25, 0.3) is 0 Å². The first-order valence-corrected chi connectivity index (χ1v) is 5.94. The topological polar surface area (TPSA) is 54.1 Å². The Morgan fingerprint density at radius 2 is 2.00 bits per heavy atom. The number of hydrogen-bond donors (Lipinski definition) is 1. The number of ether oxygens (including phenoxy) is 1. The number of hydrogen-bond acceptors (Lipinski definition) is 3. The molecule has 0 bridgehead atoms. The van der Waals surface area contributed by atoms with Crippen molar-refractivity contribution in [3.05, 3.63) is 0 Å². The van der Waals surface area contributed by atoms with E-state index in [-0.39, 0.29) is 24.0 Å². The number of rotatable bonds is 4. The molecule has 6 heteroatoms. The Morgan fingerprint density at radius 3 is 2.53 bits per heavy atom. The molecule has 0 aromatic heterocycles. The summed E-state index contributed by atoms with van der Waals surface area (Å²) < 4.78 is 5.26. The Balaban J connectivity index is 0.00000256. The van der Waals surface area contributed by atoms with Crippen LogP contribution in [0.2, 0.25) is 0 Å². The molecule has 1 heterocycles. The van der Waals surface area contributed by atoms with Crippen LogP contribution in [0.5, 0.6) is 0 Å². The maximum absolute atomic E-state index is 5.91. The molecule has 1 aliphatic heterocycles. The first-order valence-electron chi connectivity index (χ1n) is 5.94. The SMILES string of the molecule is CC(C)N(C)CCN=C(N)N1CCOCC1.I. The van der Waals surface area contributed by atoms with Gasteiger partial charge in [-0.1, -0.05) is 0 Å². The van der Waals surface area contributed by atoms with Crippen LogP contribution < -0.4 is 5.73 Å². The Bertz CT molecular complexity index is 230. The van der Waals surface area contributed by atoms with Gasteiger partial charge in [0.2, 0.25) is 0 Å². The Hall–Kier alpha value is -0.0800. The summed E-state index contributed by atoms with van der Waals surface area (Å²) >= 11 is 0. The number of halogens is 1. The standard InChI is InChI=1S/C11H24N4O.HI/c1-10(2)14(3)5-4-13-11(12)15-6-8-16-9-7-15;/h10H,4-9H2,1-3H3,(H2,12,13);1H. The van der Waals surface area contributed by atoms with Gasteiger partial charge in [-0.3, -0.25) is 4.99 Å². The highest BCUT2D eigenvalue weighted by molar-refractivity contribution is 14.0. The van der Waals surface area contributed by atoms with Gasteiger partial charge in [-0.15, -0.1) is 24.0 Å². The van der Waals surface area contributed by atoms with Crippen molar-refractivity contribution < 1.29 is 4.74 Å². The lowest BCUT2D eigenvalue weighted by Crippen LogP contribution is -2.45. The minimum absolute atomic E-state index is 0. The highest BCUT2D eigenvalue weighted by Crippen LogP contribution is 1.97. The fourth-order valence-corrected chi connectivity index (χ4v) is 1.47. The Kier molecular flexibility index (Phi) is 8.89. The van der Waals surface area contributed by atoms with Crippen LogP contribution in [0, 0.1) is 0 Å². The van der Waals surface area contributed by atoms with Gasteiger partial charge in [-0.05, 0) is 20.9 Å². The predicted octanol–water partition coefficient (Wildman–Crippen LogP) is 0.591. The maximum atomic E-state index is 5.91. The predicted molar refractivity (Wildman–Crippen MR) is 82.1 cm³/mol. The van der Waals surface area contributed by atoms with Crippen molar-refractivity contribution in [2.45, 2.75) is 19.9 Å². The second-order valence-corrected chi connectivity index (χ2v) is 4.41. The quantitative estimate of drug-likeness (QED) is 0.455. The highest BCUT2D eigenvalue weighted by Gasteiger charge is 2.11. The third kappa shape index (κ3) is 6.42. The lowest BCUT2D eigenvalue weighted by atomic mass is 10.3. The summed E-state index contributed by atoms with van der Waals surface area (Å²) in [5.41, 5.74) is 5.91. The number of aliphatic imine (C=N–C) groups is 1. The second kappa shape index (κ2) is 8.93. The molecule has 0 aromatic carbocycles. The third-order valence-corrected chi connectivity index (χ3v) is 2.94. The van der Waals surface area contributed by atoms with Crippen molar-refractivity contribution in [1.82, 2.24) is 9.80 Å². The van der Waals surface area contributed by atoms with Crippen molar-refractivity contribution in [2.75, 3.05) is 46.4 Å². The minimum Gasteiger partial charge on any atom is -0.378 e. The molecule has 1 fully saturated rings. The van der Waals surface area contributed by atoms with Crippen molar-refractivity contribution >= 4 is 29.9 Å². The van der Waals surface area contributed by atoms with E-state index in [1.807, 2.05) is 0 Å². The molecule has 0 saturated carbocycles. The lowest BCUT2D eigenvalue weighted by molar-refractivity contribution is 0.0674. The molecular formula is C11H25IN4O. The van der Waals surface area contributed by atoms with Gasteiger partial charge < -0.3 is 20.3 Å². The molecule has 1 rings (SSSR count). The molecule has 1 saturated heterocycles. The number of nitrogens with two attached hydrogens (primary N) is 1. The van der Waals surface area contributed by atoms with E-state index in [4.69, 9.17) is 10.5 Å². The van der Waals surface area contributed by atoms with Crippen molar-refractivity contribution in [3.8, 4) is 0 Å². The van der Waals surface area contributed by atoms with Crippen LogP contribution in [0.1, 0.15) is 13.8 Å². The van der Waals surface area contributed by atoms with Gasteiger partial charge in [0.25, 0.3) is 0 Å². The zero-order valence-electron chi connectivity index (χ0n) is 11.1. The van der Waals surface area contributed by atoms with Crippen LogP contribution in [-0.4, -0.2) is 68.2 Å². The van der Waals surface area contributed by atoms with Gasteiger partial charge in [0, 0.05) is 25.7 Å². The number of nitrogens with zero attached hydrogens (tertiary/aromatic N) is 3. The van der Waals surface area contributed by atoms with E-state index in [2.05, 4.69) is 35.7 Å². The van der Waals surface area contributed by atoms with Gasteiger partial charge in [-0.2, -0.15) is 0 Å². The smallest absolute Gasteiger partial charge is 0.191 e. The highest BCUT2D eigenvalue weighted by atomic mass is 127. The molecule has 0 aliphatic carbocycles. The molecule has 5 nitrogen and oxygen atoms in total. The van der Waals surface area contributed by atoms with Gasteiger partial charge in [0.15, 0.2) is 5.96 Å². The van der Waals surface area contributed by atoms with E-state index in [1.165, 1.54) is 0 Å². The molecule has 0 spiro atoms. The largest absolute Gasteiger partial charge is 0.378 e. The summed E-state index contributed by atoms with van der Waals surface area (Å²) in [5.74, 6) is 0.653. The van der Waals surface area contributed by atoms with Crippen molar-refractivity contribution in [3.63, 3.8) is 0 Å². The van der Waals surface area contributed by atoms with Gasteiger partial charge >= 0.3 is 0 Å². The summed E-state index contributed by atoms with van der Waals surface area (Å²) in [6, 6.07) is 0.555. The summed E-state index contributed by atoms with van der Waals surface area (Å²) in [5, 5.41) is 0.